The molecular weight excluding hydrogens is 152 g/mol. The fourth-order valence-electron chi connectivity index (χ4n) is 1.11. The van der Waals surface area contributed by atoms with Gasteiger partial charge in [-0.2, -0.15) is 0 Å². The van der Waals surface area contributed by atoms with Crippen molar-refractivity contribution in [3.63, 3.8) is 0 Å². The molecule has 1 aliphatic heterocycles. The van der Waals surface area contributed by atoms with E-state index in [0.717, 1.165) is 17.0 Å². The molecule has 0 saturated carbocycles. The standard InChI is InChI=1S/C9H10N2O/c10-8-3-1-7(2-4-8)9-5-11-6-12-9/h1-5,11H,6,10H2. The molecule has 1 aromatic carbocycles. The topological polar surface area (TPSA) is 47.3 Å². The van der Waals surface area contributed by atoms with Crippen LogP contribution in [-0.2, 0) is 4.74 Å². The van der Waals surface area contributed by atoms with Crippen molar-refractivity contribution < 1.29 is 4.74 Å². The lowest BCUT2D eigenvalue weighted by Gasteiger charge is -2.01. The second kappa shape index (κ2) is 2.77. The molecule has 3 nitrogen and oxygen atoms in total. The Labute approximate surface area is 70.8 Å². The molecule has 0 amide bonds. The summed E-state index contributed by atoms with van der Waals surface area (Å²) in [6.45, 7) is 0.555. The Hall–Kier alpha value is -1.64. The third kappa shape index (κ3) is 1.21. The smallest absolute Gasteiger partial charge is 0.158 e. The number of nitrogens with one attached hydrogen (secondary N) is 1. The van der Waals surface area contributed by atoms with Gasteiger partial charge in [0.05, 0.1) is 0 Å². The highest BCUT2D eigenvalue weighted by Gasteiger charge is 2.06. The first kappa shape index (κ1) is 7.03. The highest BCUT2D eigenvalue weighted by atomic mass is 16.5. The third-order valence-corrected chi connectivity index (χ3v) is 1.74. The second-order valence-corrected chi connectivity index (χ2v) is 2.62. The molecule has 3 N–H and O–H groups in total. The van der Waals surface area contributed by atoms with E-state index in [2.05, 4.69) is 5.32 Å². The predicted octanol–water partition coefficient (Wildman–Crippen LogP) is 1.14. The van der Waals surface area contributed by atoms with Crippen molar-refractivity contribution in [3.05, 3.63) is 36.0 Å². The predicted molar refractivity (Wildman–Crippen MR) is 47.9 cm³/mol. The Balaban J connectivity index is 2.28. The first-order valence-electron chi connectivity index (χ1n) is 3.78. The van der Waals surface area contributed by atoms with Crippen LogP contribution in [-0.4, -0.2) is 6.73 Å². The Morgan fingerprint density at radius 1 is 1.25 bits per heavy atom. The summed E-state index contributed by atoms with van der Waals surface area (Å²) in [5.74, 6) is 0.870. The lowest BCUT2D eigenvalue weighted by molar-refractivity contribution is 0.291. The number of benzene rings is 1. The fourth-order valence-corrected chi connectivity index (χ4v) is 1.11. The maximum Gasteiger partial charge on any atom is 0.158 e. The molecule has 1 heterocycles. The van der Waals surface area contributed by atoms with Gasteiger partial charge in [-0.05, 0) is 24.3 Å². The van der Waals surface area contributed by atoms with Crippen LogP contribution >= 0.6 is 0 Å². The molecule has 62 valence electrons. The summed E-state index contributed by atoms with van der Waals surface area (Å²) in [5, 5.41) is 2.97. The lowest BCUT2D eigenvalue weighted by atomic mass is 10.2. The zero-order valence-electron chi connectivity index (χ0n) is 6.58. The van der Waals surface area contributed by atoms with E-state index in [0.29, 0.717) is 6.73 Å². The lowest BCUT2D eigenvalue weighted by Crippen LogP contribution is -1.98. The quantitative estimate of drug-likeness (QED) is 0.609. The first-order chi connectivity index (χ1) is 5.86. The highest BCUT2D eigenvalue weighted by molar-refractivity contribution is 5.62. The summed E-state index contributed by atoms with van der Waals surface area (Å²) in [6.07, 6.45) is 1.85. The molecule has 1 aromatic rings. The van der Waals surface area contributed by atoms with Gasteiger partial charge in [-0.15, -0.1) is 0 Å². The number of ether oxygens (including phenoxy) is 1. The first-order valence-corrected chi connectivity index (χ1v) is 3.78. The monoisotopic (exact) mass is 162 g/mol. The van der Waals surface area contributed by atoms with E-state index in [1.807, 2.05) is 30.5 Å². The van der Waals surface area contributed by atoms with Gasteiger partial charge in [-0.1, -0.05) is 0 Å². The van der Waals surface area contributed by atoms with E-state index in [4.69, 9.17) is 10.5 Å². The number of hydrogen-bond acceptors (Lipinski definition) is 3. The zero-order valence-corrected chi connectivity index (χ0v) is 6.58. The second-order valence-electron chi connectivity index (χ2n) is 2.62. The average Bonchev–Trinajstić information content (AvgIpc) is 2.58. The van der Waals surface area contributed by atoms with Gasteiger partial charge < -0.3 is 15.8 Å². The Kier molecular flexibility index (Phi) is 1.63. The number of rotatable bonds is 1. The van der Waals surface area contributed by atoms with Gasteiger partial charge in [0.15, 0.2) is 6.73 Å². The maximum absolute atomic E-state index is 5.55. The minimum Gasteiger partial charge on any atom is -0.471 e. The van der Waals surface area contributed by atoms with Gasteiger partial charge in [0.2, 0.25) is 0 Å². The summed E-state index contributed by atoms with van der Waals surface area (Å²) in [6, 6.07) is 7.60. The molecule has 0 unspecified atom stereocenters. The molecule has 0 atom stereocenters. The van der Waals surface area contributed by atoms with E-state index in [1.165, 1.54) is 0 Å². The minimum atomic E-state index is 0.555. The van der Waals surface area contributed by atoms with Gasteiger partial charge in [0.25, 0.3) is 0 Å². The van der Waals surface area contributed by atoms with Crippen LogP contribution in [0.5, 0.6) is 0 Å². The van der Waals surface area contributed by atoms with E-state index in [-0.39, 0.29) is 0 Å². The SMILES string of the molecule is Nc1ccc(C2=CNCO2)cc1. The number of nitrogen functional groups attached to an aromatic ring is 1. The van der Waals surface area contributed by atoms with Crippen LogP contribution in [0.4, 0.5) is 5.69 Å². The van der Waals surface area contributed by atoms with Crippen LogP contribution in [0.1, 0.15) is 5.56 Å². The molecular formula is C9H10N2O. The largest absolute Gasteiger partial charge is 0.471 e. The van der Waals surface area contributed by atoms with Crippen LogP contribution in [0.3, 0.4) is 0 Å². The van der Waals surface area contributed by atoms with Crippen LogP contribution in [0.25, 0.3) is 5.76 Å². The minimum absolute atomic E-state index is 0.555. The van der Waals surface area contributed by atoms with E-state index >= 15 is 0 Å². The van der Waals surface area contributed by atoms with E-state index in [9.17, 15) is 0 Å². The van der Waals surface area contributed by atoms with Crippen molar-refractivity contribution in [1.29, 1.82) is 0 Å². The van der Waals surface area contributed by atoms with Crippen LogP contribution in [0, 0.1) is 0 Å². The van der Waals surface area contributed by atoms with Gasteiger partial charge in [-0.3, -0.25) is 0 Å². The molecule has 0 spiro atoms. The normalized spacial score (nSPS) is 14.8. The molecule has 3 heteroatoms. The van der Waals surface area contributed by atoms with Crippen molar-refractivity contribution in [2.75, 3.05) is 12.5 Å². The van der Waals surface area contributed by atoms with E-state index in [1.54, 1.807) is 0 Å². The fraction of sp³-hybridized carbons (Fsp3) is 0.111. The summed E-state index contributed by atoms with van der Waals surface area (Å²) in [7, 11) is 0. The summed E-state index contributed by atoms with van der Waals surface area (Å²) in [4.78, 5) is 0. The number of nitrogens with two attached hydrogens (primary N) is 1. The number of anilines is 1. The molecule has 0 aromatic heterocycles. The Morgan fingerprint density at radius 2 is 2.00 bits per heavy atom. The van der Waals surface area contributed by atoms with Gasteiger partial charge >= 0.3 is 0 Å². The van der Waals surface area contributed by atoms with Crippen molar-refractivity contribution in [2.45, 2.75) is 0 Å². The molecule has 2 rings (SSSR count). The maximum atomic E-state index is 5.55. The summed E-state index contributed by atoms with van der Waals surface area (Å²) >= 11 is 0. The summed E-state index contributed by atoms with van der Waals surface area (Å²) in [5.41, 5.74) is 7.37. The molecule has 0 aliphatic carbocycles. The highest BCUT2D eigenvalue weighted by Crippen LogP contribution is 2.18. The van der Waals surface area contributed by atoms with Crippen molar-refractivity contribution in [1.82, 2.24) is 5.32 Å². The van der Waals surface area contributed by atoms with Gasteiger partial charge in [0, 0.05) is 17.5 Å². The van der Waals surface area contributed by atoms with Crippen LogP contribution in [0.15, 0.2) is 30.5 Å². The molecule has 0 bridgehead atoms. The zero-order chi connectivity index (χ0) is 8.39. The van der Waals surface area contributed by atoms with Crippen molar-refractivity contribution >= 4 is 11.4 Å². The van der Waals surface area contributed by atoms with Gasteiger partial charge in [-0.25, -0.2) is 0 Å². The van der Waals surface area contributed by atoms with Crippen molar-refractivity contribution in [2.24, 2.45) is 0 Å². The molecule has 1 aliphatic rings. The Bertz CT molecular complexity index is 303. The summed E-state index contributed by atoms with van der Waals surface area (Å²) < 4.78 is 5.29. The van der Waals surface area contributed by atoms with Crippen LogP contribution < -0.4 is 11.1 Å². The average molecular weight is 162 g/mol. The molecule has 0 saturated heterocycles. The van der Waals surface area contributed by atoms with E-state index < -0.39 is 0 Å². The Morgan fingerprint density at radius 3 is 2.58 bits per heavy atom. The molecule has 12 heavy (non-hydrogen) atoms. The molecule has 0 radical (unpaired) electrons. The number of hydrogen-bond donors (Lipinski definition) is 2. The van der Waals surface area contributed by atoms with Crippen LogP contribution in [0.2, 0.25) is 0 Å². The molecule has 0 fully saturated rings. The van der Waals surface area contributed by atoms with Gasteiger partial charge in [0.1, 0.15) is 5.76 Å². The third-order valence-electron chi connectivity index (χ3n) is 1.74. The van der Waals surface area contributed by atoms with Crippen molar-refractivity contribution in [3.8, 4) is 0 Å².